The summed E-state index contributed by atoms with van der Waals surface area (Å²) in [7, 11) is 0. The molecule has 0 aromatic heterocycles. The van der Waals surface area contributed by atoms with Crippen LogP contribution in [0.4, 0.5) is 0 Å². The molecule has 0 bridgehead atoms. The lowest BCUT2D eigenvalue weighted by atomic mass is 10.3. The van der Waals surface area contributed by atoms with Crippen LogP contribution >= 0.6 is 23.2 Å². The fourth-order valence-corrected chi connectivity index (χ4v) is 1.10. The molecule has 0 saturated carbocycles. The lowest BCUT2D eigenvalue weighted by Gasteiger charge is -2.27. The highest BCUT2D eigenvalue weighted by Gasteiger charge is 2.37. The number of nitrogens with zero attached hydrogens (tertiary/aromatic N) is 1. The lowest BCUT2D eigenvalue weighted by Crippen LogP contribution is -2.41. The maximum Gasteiger partial charge on any atom is 0.358 e. The van der Waals surface area contributed by atoms with Crippen LogP contribution in [0, 0.1) is 0 Å². The number of hydroxylamine groups is 2. The first-order valence-corrected chi connectivity index (χ1v) is 4.72. The molecular weight excluding hydrogens is 217 g/mol. The number of carbonyl (C=O) groups is 1. The van der Waals surface area contributed by atoms with Crippen molar-refractivity contribution in [2.45, 2.75) is 24.4 Å². The molecule has 0 aliphatic carbocycles. The molecule has 1 saturated heterocycles. The second kappa shape index (κ2) is 4.00. The van der Waals surface area contributed by atoms with Gasteiger partial charge in [-0.1, -0.05) is 23.2 Å². The molecule has 0 radical (unpaired) electrons. The van der Waals surface area contributed by atoms with Gasteiger partial charge in [-0.15, -0.1) is 5.06 Å². The van der Waals surface area contributed by atoms with Crippen molar-refractivity contribution in [3.8, 4) is 0 Å². The molecule has 0 atom stereocenters. The standard InChI is InChI=1S/C7H11Cl2NO3/c1-7(2)10(3-4-12-7)13-6(11)5(8)9/h5H,3-4H2,1-2H3. The second-order valence-corrected chi connectivity index (χ2v) is 4.20. The average Bonchev–Trinajstić information content (AvgIpc) is 2.30. The topological polar surface area (TPSA) is 38.8 Å². The van der Waals surface area contributed by atoms with Crippen LogP contribution in [0.3, 0.4) is 0 Å². The summed E-state index contributed by atoms with van der Waals surface area (Å²) in [6.45, 7) is 4.64. The monoisotopic (exact) mass is 227 g/mol. The first kappa shape index (κ1) is 11.0. The molecule has 0 unspecified atom stereocenters. The first-order chi connectivity index (χ1) is 5.93. The first-order valence-electron chi connectivity index (χ1n) is 3.85. The van der Waals surface area contributed by atoms with Crippen molar-refractivity contribution in [1.29, 1.82) is 0 Å². The Morgan fingerprint density at radius 3 is 2.62 bits per heavy atom. The highest BCUT2D eigenvalue weighted by Crippen LogP contribution is 2.23. The largest absolute Gasteiger partial charge is 0.363 e. The Balaban J connectivity index is 2.50. The third-order valence-electron chi connectivity index (χ3n) is 1.73. The summed E-state index contributed by atoms with van der Waals surface area (Å²) in [5, 5.41) is 1.42. The number of alkyl halides is 2. The maximum atomic E-state index is 11.0. The third kappa shape index (κ3) is 2.71. The molecule has 0 aromatic rings. The minimum absolute atomic E-state index is 0.523. The van der Waals surface area contributed by atoms with Gasteiger partial charge in [-0.2, -0.15) is 0 Å². The Bertz CT molecular complexity index is 208. The fourth-order valence-electron chi connectivity index (χ4n) is 1.02. The Labute approximate surface area is 86.6 Å². The van der Waals surface area contributed by atoms with Crippen LogP contribution in [0.1, 0.15) is 13.8 Å². The van der Waals surface area contributed by atoms with Crippen molar-refractivity contribution in [2.24, 2.45) is 0 Å². The van der Waals surface area contributed by atoms with Gasteiger partial charge in [0.05, 0.1) is 13.2 Å². The predicted molar refractivity (Wildman–Crippen MR) is 48.3 cm³/mol. The van der Waals surface area contributed by atoms with Gasteiger partial charge in [-0.3, -0.25) is 0 Å². The van der Waals surface area contributed by atoms with Crippen molar-refractivity contribution in [3.63, 3.8) is 0 Å². The number of halogens is 2. The summed E-state index contributed by atoms with van der Waals surface area (Å²) in [5.41, 5.74) is -0.599. The van der Waals surface area contributed by atoms with Crippen LogP contribution in [0.15, 0.2) is 0 Å². The lowest BCUT2D eigenvalue weighted by molar-refractivity contribution is -0.235. The van der Waals surface area contributed by atoms with Crippen LogP contribution in [0.2, 0.25) is 0 Å². The van der Waals surface area contributed by atoms with Crippen LogP contribution in [-0.2, 0) is 14.4 Å². The quantitative estimate of drug-likeness (QED) is 0.668. The molecule has 4 nitrogen and oxygen atoms in total. The van der Waals surface area contributed by atoms with Gasteiger partial charge in [-0.25, -0.2) is 4.79 Å². The van der Waals surface area contributed by atoms with Gasteiger partial charge >= 0.3 is 5.97 Å². The van der Waals surface area contributed by atoms with Crippen LogP contribution in [-0.4, -0.2) is 34.7 Å². The van der Waals surface area contributed by atoms with Crippen LogP contribution in [0.5, 0.6) is 0 Å². The minimum Gasteiger partial charge on any atom is -0.363 e. The van der Waals surface area contributed by atoms with Gasteiger partial charge in [0.25, 0.3) is 0 Å². The molecule has 1 aliphatic rings. The Kier molecular flexibility index (Phi) is 3.40. The van der Waals surface area contributed by atoms with E-state index in [0.717, 1.165) is 0 Å². The van der Waals surface area contributed by atoms with Crippen molar-refractivity contribution >= 4 is 29.2 Å². The fraction of sp³-hybridized carbons (Fsp3) is 0.857. The Hall–Kier alpha value is -0.0300. The highest BCUT2D eigenvalue weighted by molar-refractivity contribution is 6.52. The van der Waals surface area contributed by atoms with E-state index in [4.69, 9.17) is 32.8 Å². The smallest absolute Gasteiger partial charge is 0.358 e. The summed E-state index contributed by atoms with van der Waals surface area (Å²) < 4.78 is 5.30. The number of carbonyl (C=O) groups excluding carboxylic acids is 1. The van der Waals surface area contributed by atoms with Crippen molar-refractivity contribution in [2.75, 3.05) is 13.2 Å². The molecule has 0 aromatic carbocycles. The number of ether oxygens (including phenoxy) is 1. The van der Waals surface area contributed by atoms with E-state index in [-0.39, 0.29) is 0 Å². The Morgan fingerprint density at radius 2 is 2.23 bits per heavy atom. The number of hydrogen-bond acceptors (Lipinski definition) is 4. The van der Waals surface area contributed by atoms with E-state index >= 15 is 0 Å². The molecule has 13 heavy (non-hydrogen) atoms. The number of rotatable bonds is 2. The molecule has 76 valence electrons. The van der Waals surface area contributed by atoms with E-state index in [9.17, 15) is 4.79 Å². The van der Waals surface area contributed by atoms with E-state index in [0.29, 0.717) is 13.2 Å². The summed E-state index contributed by atoms with van der Waals surface area (Å²) >= 11 is 10.6. The Morgan fingerprint density at radius 1 is 1.62 bits per heavy atom. The molecule has 1 aliphatic heterocycles. The molecule has 1 rings (SSSR count). The molecule has 0 N–H and O–H groups in total. The van der Waals surface area contributed by atoms with E-state index < -0.39 is 16.5 Å². The van der Waals surface area contributed by atoms with Gasteiger partial charge in [0.15, 0.2) is 0 Å². The average molecular weight is 228 g/mol. The summed E-state index contributed by atoms with van der Waals surface area (Å²) in [4.78, 5) is 14.7. The second-order valence-electron chi connectivity index (χ2n) is 3.11. The van der Waals surface area contributed by atoms with Crippen LogP contribution in [0.25, 0.3) is 0 Å². The molecule has 0 spiro atoms. The molecule has 1 fully saturated rings. The third-order valence-corrected chi connectivity index (χ3v) is 2.08. The van der Waals surface area contributed by atoms with E-state index in [1.165, 1.54) is 5.06 Å². The van der Waals surface area contributed by atoms with E-state index in [2.05, 4.69) is 0 Å². The zero-order chi connectivity index (χ0) is 10.1. The van der Waals surface area contributed by atoms with E-state index in [1.807, 2.05) is 0 Å². The minimum atomic E-state index is -1.16. The van der Waals surface area contributed by atoms with Gasteiger partial charge in [0, 0.05) is 0 Å². The summed E-state index contributed by atoms with van der Waals surface area (Å²) in [5.74, 6) is -0.679. The zero-order valence-electron chi connectivity index (χ0n) is 7.42. The van der Waals surface area contributed by atoms with Gasteiger partial charge in [0.1, 0.15) is 5.72 Å². The van der Waals surface area contributed by atoms with Crippen LogP contribution < -0.4 is 0 Å². The predicted octanol–water partition coefficient (Wildman–Crippen LogP) is 1.32. The molecule has 0 amide bonds. The normalized spacial score (nSPS) is 22.2. The van der Waals surface area contributed by atoms with Crippen molar-refractivity contribution < 1.29 is 14.4 Å². The van der Waals surface area contributed by atoms with E-state index in [1.54, 1.807) is 13.8 Å². The summed E-state index contributed by atoms with van der Waals surface area (Å²) in [6, 6.07) is 0. The maximum absolute atomic E-state index is 11.0. The van der Waals surface area contributed by atoms with Gasteiger partial charge in [0.2, 0.25) is 4.84 Å². The molecule has 6 heteroatoms. The number of hydrogen-bond donors (Lipinski definition) is 0. The van der Waals surface area contributed by atoms with Gasteiger partial charge < -0.3 is 9.57 Å². The van der Waals surface area contributed by atoms with Crippen molar-refractivity contribution in [3.05, 3.63) is 0 Å². The molecular formula is C7H11Cl2NO3. The van der Waals surface area contributed by atoms with Crippen molar-refractivity contribution in [1.82, 2.24) is 5.06 Å². The molecule has 1 heterocycles. The zero-order valence-corrected chi connectivity index (χ0v) is 8.93. The summed E-state index contributed by atoms with van der Waals surface area (Å²) in [6.07, 6.45) is 0. The SMILES string of the molecule is CC1(C)OCCN1OC(=O)C(Cl)Cl. The highest BCUT2D eigenvalue weighted by atomic mass is 35.5. The van der Waals surface area contributed by atoms with Gasteiger partial charge in [-0.05, 0) is 13.8 Å².